The van der Waals surface area contributed by atoms with E-state index in [1.165, 1.54) is 0 Å². The highest BCUT2D eigenvalue weighted by atomic mass is 16.6. The van der Waals surface area contributed by atoms with Crippen molar-refractivity contribution in [3.05, 3.63) is 78.4 Å². The number of nitrogens with one attached hydrogen (secondary N) is 1. The molecule has 0 saturated heterocycles. The quantitative estimate of drug-likeness (QED) is 0.740. The fourth-order valence-electron chi connectivity index (χ4n) is 2.83. The molecule has 0 radical (unpaired) electrons. The zero-order valence-electron chi connectivity index (χ0n) is 14.8. The molecule has 1 aliphatic heterocycles. The molecule has 3 aromatic rings. The summed E-state index contributed by atoms with van der Waals surface area (Å²) in [5.41, 5.74) is 1.67. The van der Waals surface area contributed by atoms with E-state index in [9.17, 15) is 4.79 Å². The monoisotopic (exact) mass is 361 g/mol. The van der Waals surface area contributed by atoms with E-state index in [1.54, 1.807) is 12.1 Å². The molecular formula is C22H19NO4. The fraction of sp³-hybridized carbons (Fsp3) is 0.136. The van der Waals surface area contributed by atoms with Crippen LogP contribution >= 0.6 is 0 Å². The van der Waals surface area contributed by atoms with Crippen LogP contribution in [0.4, 0.5) is 5.69 Å². The number of ether oxygens (including phenoxy) is 3. The van der Waals surface area contributed by atoms with Crippen LogP contribution < -0.4 is 19.5 Å². The minimum atomic E-state index is -0.730. The summed E-state index contributed by atoms with van der Waals surface area (Å²) >= 11 is 0. The first-order chi connectivity index (χ1) is 13.2. The highest BCUT2D eigenvalue weighted by Gasteiger charge is 2.27. The molecule has 5 heteroatoms. The SMILES string of the molecule is Cc1cccc(Oc2ccccc2NC(=O)[C@H]2COc3ccccc3O2)c1. The molecule has 0 saturated carbocycles. The molecule has 0 unspecified atom stereocenters. The van der Waals surface area contributed by atoms with Crippen LogP contribution in [0.1, 0.15) is 5.56 Å². The summed E-state index contributed by atoms with van der Waals surface area (Å²) < 4.78 is 17.3. The van der Waals surface area contributed by atoms with Crippen LogP contribution in [0.2, 0.25) is 0 Å². The molecule has 0 fully saturated rings. The highest BCUT2D eigenvalue weighted by Crippen LogP contribution is 2.33. The molecule has 1 atom stereocenters. The summed E-state index contributed by atoms with van der Waals surface area (Å²) in [5.74, 6) is 2.19. The first kappa shape index (κ1) is 17.0. The van der Waals surface area contributed by atoms with Crippen molar-refractivity contribution in [2.45, 2.75) is 13.0 Å². The molecule has 3 aromatic carbocycles. The second-order valence-electron chi connectivity index (χ2n) is 6.27. The lowest BCUT2D eigenvalue weighted by atomic mass is 10.2. The lowest BCUT2D eigenvalue weighted by molar-refractivity contribution is -0.125. The molecule has 0 aliphatic carbocycles. The van der Waals surface area contributed by atoms with E-state index in [2.05, 4.69) is 5.32 Å². The molecule has 1 heterocycles. The zero-order valence-corrected chi connectivity index (χ0v) is 14.8. The Labute approximate surface area is 157 Å². The van der Waals surface area contributed by atoms with Crippen molar-refractivity contribution < 1.29 is 19.0 Å². The summed E-state index contributed by atoms with van der Waals surface area (Å²) in [6.07, 6.45) is -0.730. The Morgan fingerprint density at radius 2 is 1.78 bits per heavy atom. The Morgan fingerprint density at radius 1 is 1.00 bits per heavy atom. The summed E-state index contributed by atoms with van der Waals surface area (Å²) in [7, 11) is 0. The Morgan fingerprint density at radius 3 is 2.63 bits per heavy atom. The van der Waals surface area contributed by atoms with Gasteiger partial charge in [0.25, 0.3) is 5.91 Å². The van der Waals surface area contributed by atoms with Crippen LogP contribution in [0.5, 0.6) is 23.0 Å². The molecule has 4 rings (SSSR count). The largest absolute Gasteiger partial charge is 0.485 e. The van der Waals surface area contributed by atoms with E-state index in [4.69, 9.17) is 14.2 Å². The van der Waals surface area contributed by atoms with Gasteiger partial charge in [-0.25, -0.2) is 0 Å². The van der Waals surface area contributed by atoms with Gasteiger partial charge in [-0.3, -0.25) is 4.79 Å². The Kier molecular flexibility index (Phi) is 4.66. The number of aryl methyl sites for hydroxylation is 1. The van der Waals surface area contributed by atoms with Gasteiger partial charge < -0.3 is 19.5 Å². The van der Waals surface area contributed by atoms with Crippen molar-refractivity contribution in [3.63, 3.8) is 0 Å². The van der Waals surface area contributed by atoms with Gasteiger partial charge >= 0.3 is 0 Å². The predicted octanol–water partition coefficient (Wildman–Crippen LogP) is 4.57. The number of para-hydroxylation sites is 4. The normalized spacial score (nSPS) is 15.1. The van der Waals surface area contributed by atoms with Crippen LogP contribution in [0, 0.1) is 6.92 Å². The number of hydrogen-bond acceptors (Lipinski definition) is 4. The number of amides is 1. The maximum atomic E-state index is 12.7. The van der Waals surface area contributed by atoms with Crippen molar-refractivity contribution in [2.75, 3.05) is 11.9 Å². The molecule has 0 bridgehead atoms. The third-order valence-corrected chi connectivity index (χ3v) is 4.16. The Bertz CT molecular complexity index is 970. The number of benzene rings is 3. The van der Waals surface area contributed by atoms with Gasteiger partial charge in [0, 0.05) is 0 Å². The van der Waals surface area contributed by atoms with Crippen molar-refractivity contribution >= 4 is 11.6 Å². The number of hydrogen-bond donors (Lipinski definition) is 1. The average Bonchev–Trinajstić information content (AvgIpc) is 2.69. The smallest absolute Gasteiger partial charge is 0.269 e. The Balaban J connectivity index is 1.49. The van der Waals surface area contributed by atoms with Gasteiger partial charge in [-0.15, -0.1) is 0 Å². The molecule has 136 valence electrons. The van der Waals surface area contributed by atoms with Crippen molar-refractivity contribution in [1.82, 2.24) is 0 Å². The van der Waals surface area contributed by atoms with Crippen LogP contribution in [-0.2, 0) is 4.79 Å². The van der Waals surface area contributed by atoms with Gasteiger partial charge in [0.15, 0.2) is 17.2 Å². The number of fused-ring (bicyclic) bond motifs is 1. The second kappa shape index (κ2) is 7.41. The third-order valence-electron chi connectivity index (χ3n) is 4.16. The van der Waals surface area contributed by atoms with Gasteiger partial charge in [-0.05, 0) is 48.9 Å². The molecule has 0 aromatic heterocycles. The topological polar surface area (TPSA) is 56.8 Å². The van der Waals surface area contributed by atoms with E-state index in [-0.39, 0.29) is 12.5 Å². The van der Waals surface area contributed by atoms with Crippen LogP contribution in [-0.4, -0.2) is 18.6 Å². The molecule has 0 spiro atoms. The summed E-state index contributed by atoms with van der Waals surface area (Å²) in [6, 6.07) is 22.3. The number of rotatable bonds is 4. The molecule has 1 aliphatic rings. The van der Waals surface area contributed by atoms with Gasteiger partial charge in [-0.1, -0.05) is 36.4 Å². The summed E-state index contributed by atoms with van der Waals surface area (Å²) in [4.78, 5) is 12.7. The van der Waals surface area contributed by atoms with Crippen molar-refractivity contribution in [2.24, 2.45) is 0 Å². The predicted molar refractivity (Wildman–Crippen MR) is 103 cm³/mol. The highest BCUT2D eigenvalue weighted by molar-refractivity contribution is 5.96. The zero-order chi connectivity index (χ0) is 18.6. The first-order valence-electron chi connectivity index (χ1n) is 8.72. The molecule has 1 N–H and O–H groups in total. The van der Waals surface area contributed by atoms with E-state index in [0.717, 1.165) is 5.56 Å². The van der Waals surface area contributed by atoms with Gasteiger partial charge in [0.05, 0.1) is 5.69 Å². The lowest BCUT2D eigenvalue weighted by Gasteiger charge is -2.25. The van der Waals surface area contributed by atoms with Crippen molar-refractivity contribution in [1.29, 1.82) is 0 Å². The van der Waals surface area contributed by atoms with Crippen LogP contribution in [0.15, 0.2) is 72.8 Å². The maximum absolute atomic E-state index is 12.7. The molecule has 27 heavy (non-hydrogen) atoms. The number of anilines is 1. The van der Waals surface area contributed by atoms with E-state index in [0.29, 0.717) is 28.7 Å². The summed E-state index contributed by atoms with van der Waals surface area (Å²) in [6.45, 7) is 2.16. The summed E-state index contributed by atoms with van der Waals surface area (Å²) in [5, 5.41) is 2.88. The van der Waals surface area contributed by atoms with E-state index in [1.807, 2.05) is 67.6 Å². The second-order valence-corrected chi connectivity index (χ2v) is 6.27. The van der Waals surface area contributed by atoms with Gasteiger partial charge in [0.2, 0.25) is 6.10 Å². The van der Waals surface area contributed by atoms with Crippen LogP contribution in [0.3, 0.4) is 0 Å². The van der Waals surface area contributed by atoms with Gasteiger partial charge in [0.1, 0.15) is 12.4 Å². The number of carbonyl (C=O) groups is 1. The van der Waals surface area contributed by atoms with E-state index < -0.39 is 6.10 Å². The average molecular weight is 361 g/mol. The first-order valence-corrected chi connectivity index (χ1v) is 8.72. The molecular weight excluding hydrogens is 342 g/mol. The van der Waals surface area contributed by atoms with Gasteiger partial charge in [-0.2, -0.15) is 0 Å². The Hall–Kier alpha value is -3.47. The maximum Gasteiger partial charge on any atom is 0.269 e. The number of carbonyl (C=O) groups excluding carboxylic acids is 1. The standard InChI is InChI=1S/C22H19NO4/c1-15-7-6-8-16(13-15)26-18-10-3-2-9-17(18)23-22(24)21-14-25-19-11-4-5-12-20(19)27-21/h2-13,21H,14H2,1H3,(H,23,24)/t21-/m1/s1. The fourth-order valence-corrected chi connectivity index (χ4v) is 2.83. The third kappa shape index (κ3) is 3.87. The van der Waals surface area contributed by atoms with Crippen LogP contribution in [0.25, 0.3) is 0 Å². The molecule has 1 amide bonds. The minimum absolute atomic E-state index is 0.156. The lowest BCUT2D eigenvalue weighted by Crippen LogP contribution is -2.40. The minimum Gasteiger partial charge on any atom is -0.485 e. The van der Waals surface area contributed by atoms with Crippen molar-refractivity contribution in [3.8, 4) is 23.0 Å². The van der Waals surface area contributed by atoms with E-state index >= 15 is 0 Å². The molecule has 5 nitrogen and oxygen atoms in total.